The number of halogens is 1. The number of piperidine rings is 1. The fourth-order valence-electron chi connectivity index (χ4n) is 2.50. The maximum Gasteiger partial charge on any atom is 0.329 e. The summed E-state index contributed by atoms with van der Waals surface area (Å²) in [6.07, 6.45) is 1.97. The molecule has 1 fully saturated rings. The van der Waals surface area contributed by atoms with Gasteiger partial charge in [-0.25, -0.2) is 4.79 Å². The second kappa shape index (κ2) is 5.44. The van der Waals surface area contributed by atoms with Crippen molar-refractivity contribution in [3.8, 4) is 5.75 Å². The Hall–Kier alpha value is -1.56. The van der Waals surface area contributed by atoms with Crippen LogP contribution in [-0.2, 0) is 4.79 Å². The fraction of sp³-hybridized carbons (Fsp3) is 0.429. The first kappa shape index (κ1) is 14.8. The van der Waals surface area contributed by atoms with E-state index in [4.69, 9.17) is 0 Å². The molecule has 1 amide bonds. The molecule has 1 atom stereocenters. The number of benzene rings is 1. The van der Waals surface area contributed by atoms with Crippen molar-refractivity contribution in [2.45, 2.75) is 31.7 Å². The summed E-state index contributed by atoms with van der Waals surface area (Å²) in [7, 11) is 0. The van der Waals surface area contributed by atoms with Gasteiger partial charge < -0.3 is 15.1 Å². The van der Waals surface area contributed by atoms with E-state index in [1.54, 1.807) is 13.0 Å². The third-order valence-electron chi connectivity index (χ3n) is 3.79. The molecule has 1 aliphatic rings. The standard InChI is InChI=1S/C14H16BrNO4/c1-14(13(19)20)6-2-3-7-16(14)12(18)10-5-4-9(15)8-11(10)17/h4-5,8,17H,2-3,6-7H2,1H3,(H,19,20). The molecule has 1 aliphatic heterocycles. The molecule has 20 heavy (non-hydrogen) atoms. The van der Waals surface area contributed by atoms with Crippen LogP contribution in [0.1, 0.15) is 36.5 Å². The number of phenols is 1. The van der Waals surface area contributed by atoms with Crippen LogP contribution in [0.25, 0.3) is 0 Å². The molecule has 1 aromatic rings. The van der Waals surface area contributed by atoms with Crippen molar-refractivity contribution in [1.29, 1.82) is 0 Å². The molecule has 6 heteroatoms. The van der Waals surface area contributed by atoms with E-state index in [0.29, 0.717) is 17.4 Å². The number of phenolic OH excluding ortho intramolecular Hbond substituents is 1. The Morgan fingerprint density at radius 2 is 2.05 bits per heavy atom. The zero-order chi connectivity index (χ0) is 14.9. The minimum atomic E-state index is -1.21. The van der Waals surface area contributed by atoms with Crippen molar-refractivity contribution in [2.75, 3.05) is 6.54 Å². The van der Waals surface area contributed by atoms with Crippen molar-refractivity contribution in [2.24, 2.45) is 0 Å². The highest BCUT2D eigenvalue weighted by Gasteiger charge is 2.44. The molecule has 2 N–H and O–H groups in total. The number of carbonyl (C=O) groups excluding carboxylic acids is 1. The van der Waals surface area contributed by atoms with Crippen LogP contribution in [0.5, 0.6) is 5.75 Å². The Kier molecular flexibility index (Phi) is 4.04. The number of rotatable bonds is 2. The second-order valence-electron chi connectivity index (χ2n) is 5.15. The van der Waals surface area contributed by atoms with Crippen molar-refractivity contribution in [3.05, 3.63) is 28.2 Å². The Labute approximate surface area is 125 Å². The number of aliphatic carboxylic acids is 1. The van der Waals surface area contributed by atoms with Gasteiger partial charge in [-0.2, -0.15) is 0 Å². The van der Waals surface area contributed by atoms with E-state index < -0.39 is 17.4 Å². The van der Waals surface area contributed by atoms with E-state index >= 15 is 0 Å². The summed E-state index contributed by atoms with van der Waals surface area (Å²) in [6, 6.07) is 4.57. The van der Waals surface area contributed by atoms with E-state index in [1.165, 1.54) is 17.0 Å². The lowest BCUT2D eigenvalue weighted by atomic mass is 9.87. The molecule has 0 spiro atoms. The largest absolute Gasteiger partial charge is 0.507 e. The molecule has 108 valence electrons. The molecular weight excluding hydrogens is 326 g/mol. The number of carboxylic acid groups (broad SMARTS) is 1. The van der Waals surface area contributed by atoms with Crippen LogP contribution in [0, 0.1) is 0 Å². The SMILES string of the molecule is CC1(C(=O)O)CCCCN1C(=O)c1ccc(Br)cc1O. The maximum absolute atomic E-state index is 12.5. The van der Waals surface area contributed by atoms with Gasteiger partial charge in [0.15, 0.2) is 0 Å². The van der Waals surface area contributed by atoms with Crippen molar-refractivity contribution < 1.29 is 19.8 Å². The molecule has 0 aromatic heterocycles. The van der Waals surface area contributed by atoms with Gasteiger partial charge in [-0.3, -0.25) is 4.79 Å². The smallest absolute Gasteiger partial charge is 0.329 e. The summed E-state index contributed by atoms with van der Waals surface area (Å²) in [5.74, 6) is -1.61. The second-order valence-corrected chi connectivity index (χ2v) is 6.07. The molecule has 0 saturated carbocycles. The highest BCUT2D eigenvalue weighted by molar-refractivity contribution is 9.10. The highest BCUT2D eigenvalue weighted by Crippen LogP contribution is 2.32. The number of hydrogen-bond donors (Lipinski definition) is 2. The summed E-state index contributed by atoms with van der Waals surface area (Å²) >= 11 is 3.21. The van der Waals surface area contributed by atoms with E-state index in [-0.39, 0.29) is 11.3 Å². The summed E-state index contributed by atoms with van der Waals surface area (Å²) in [6.45, 7) is 1.94. The molecule has 1 aromatic carbocycles. The summed E-state index contributed by atoms with van der Waals surface area (Å²) in [4.78, 5) is 25.4. The summed E-state index contributed by atoms with van der Waals surface area (Å²) in [5, 5.41) is 19.3. The predicted octanol–water partition coefficient (Wildman–Crippen LogP) is 2.62. The lowest BCUT2D eigenvalue weighted by molar-refractivity contribution is -0.150. The van der Waals surface area contributed by atoms with Gasteiger partial charge in [0.25, 0.3) is 5.91 Å². The summed E-state index contributed by atoms with van der Waals surface area (Å²) in [5.41, 5.74) is -1.09. The molecule has 2 rings (SSSR count). The van der Waals surface area contributed by atoms with E-state index in [9.17, 15) is 19.8 Å². The number of likely N-dealkylation sites (tertiary alicyclic amines) is 1. The monoisotopic (exact) mass is 341 g/mol. The quantitative estimate of drug-likeness (QED) is 0.866. The topological polar surface area (TPSA) is 77.8 Å². The molecule has 1 saturated heterocycles. The van der Waals surface area contributed by atoms with Crippen molar-refractivity contribution in [3.63, 3.8) is 0 Å². The van der Waals surface area contributed by atoms with Gasteiger partial charge in [-0.1, -0.05) is 15.9 Å². The van der Waals surface area contributed by atoms with Crippen LogP contribution in [0.3, 0.4) is 0 Å². The van der Waals surface area contributed by atoms with Gasteiger partial charge in [0.05, 0.1) is 5.56 Å². The van der Waals surface area contributed by atoms with E-state index in [2.05, 4.69) is 15.9 Å². The molecule has 0 radical (unpaired) electrons. The van der Waals surface area contributed by atoms with Gasteiger partial charge >= 0.3 is 5.97 Å². The third kappa shape index (κ3) is 2.52. The van der Waals surface area contributed by atoms with Gasteiger partial charge in [0.1, 0.15) is 11.3 Å². The maximum atomic E-state index is 12.5. The van der Waals surface area contributed by atoms with Gasteiger partial charge in [-0.15, -0.1) is 0 Å². The number of amides is 1. The van der Waals surface area contributed by atoms with Gasteiger partial charge in [0, 0.05) is 11.0 Å². The van der Waals surface area contributed by atoms with Crippen molar-refractivity contribution >= 4 is 27.8 Å². The number of nitrogens with zero attached hydrogens (tertiary/aromatic N) is 1. The van der Waals surface area contributed by atoms with Gasteiger partial charge in [-0.05, 0) is 44.4 Å². The Balaban J connectivity index is 2.37. The van der Waals surface area contributed by atoms with Crippen LogP contribution in [-0.4, -0.2) is 39.1 Å². The van der Waals surface area contributed by atoms with E-state index in [1.807, 2.05) is 0 Å². The first-order valence-corrected chi connectivity index (χ1v) is 7.19. The molecule has 0 aliphatic carbocycles. The van der Waals surface area contributed by atoms with Crippen molar-refractivity contribution in [1.82, 2.24) is 4.90 Å². The van der Waals surface area contributed by atoms with Crippen LogP contribution >= 0.6 is 15.9 Å². The van der Waals surface area contributed by atoms with Crippen LogP contribution in [0.15, 0.2) is 22.7 Å². The van der Waals surface area contributed by atoms with Crippen LogP contribution < -0.4 is 0 Å². The average Bonchev–Trinajstić information content (AvgIpc) is 2.38. The lowest BCUT2D eigenvalue weighted by Crippen LogP contribution is -2.57. The predicted molar refractivity (Wildman–Crippen MR) is 76.7 cm³/mol. The van der Waals surface area contributed by atoms with Crippen LogP contribution in [0.4, 0.5) is 0 Å². The average molecular weight is 342 g/mol. The van der Waals surface area contributed by atoms with Crippen LogP contribution in [0.2, 0.25) is 0 Å². The number of aromatic hydroxyl groups is 1. The lowest BCUT2D eigenvalue weighted by Gasteiger charge is -2.41. The zero-order valence-electron chi connectivity index (χ0n) is 11.1. The Morgan fingerprint density at radius 1 is 1.35 bits per heavy atom. The molecule has 5 nitrogen and oxygen atoms in total. The number of carboxylic acids is 1. The fourth-order valence-corrected chi connectivity index (χ4v) is 2.85. The minimum absolute atomic E-state index is 0.127. The molecule has 1 unspecified atom stereocenters. The molecular formula is C14H16BrNO4. The number of hydrogen-bond acceptors (Lipinski definition) is 3. The van der Waals surface area contributed by atoms with Gasteiger partial charge in [0.2, 0.25) is 0 Å². The third-order valence-corrected chi connectivity index (χ3v) is 4.28. The summed E-state index contributed by atoms with van der Waals surface area (Å²) < 4.78 is 0.659. The number of carbonyl (C=O) groups is 2. The normalized spacial score (nSPS) is 22.6. The Morgan fingerprint density at radius 3 is 2.65 bits per heavy atom. The Bertz CT molecular complexity index is 560. The first-order chi connectivity index (χ1) is 9.36. The zero-order valence-corrected chi connectivity index (χ0v) is 12.7. The molecule has 1 heterocycles. The molecule has 0 bridgehead atoms. The highest BCUT2D eigenvalue weighted by atomic mass is 79.9. The van der Waals surface area contributed by atoms with E-state index in [0.717, 1.165) is 12.8 Å². The first-order valence-electron chi connectivity index (χ1n) is 6.40. The minimum Gasteiger partial charge on any atom is -0.507 e.